The smallest absolute Gasteiger partial charge is 0.326 e. The van der Waals surface area contributed by atoms with Gasteiger partial charge in [0.05, 0.1) is 6.33 Å². The van der Waals surface area contributed by atoms with E-state index in [-0.39, 0.29) is 11.6 Å². The molecule has 4 N–H and O–H groups in total. The minimum absolute atomic E-state index is 0.146. The summed E-state index contributed by atoms with van der Waals surface area (Å²) >= 11 is 0. The molecule has 1 heterocycles. The highest BCUT2D eigenvalue weighted by Gasteiger charge is 2.26. The Labute approximate surface area is 111 Å². The van der Waals surface area contributed by atoms with Gasteiger partial charge in [-0.3, -0.25) is 4.79 Å². The van der Waals surface area contributed by atoms with Crippen LogP contribution in [-0.2, 0) is 11.3 Å². The second kappa shape index (κ2) is 6.89. The van der Waals surface area contributed by atoms with Crippen LogP contribution in [0.15, 0.2) is 12.5 Å². The van der Waals surface area contributed by atoms with Gasteiger partial charge < -0.3 is 20.7 Å². The molecular formula is C12H20N4O3. The van der Waals surface area contributed by atoms with Crippen LogP contribution in [0.25, 0.3) is 0 Å². The number of carbonyl (C=O) groups is 2. The van der Waals surface area contributed by atoms with E-state index in [0.717, 1.165) is 0 Å². The first-order valence-corrected chi connectivity index (χ1v) is 6.25. The Morgan fingerprint density at radius 2 is 2.26 bits per heavy atom. The maximum Gasteiger partial charge on any atom is 0.326 e. The molecule has 0 aliphatic heterocycles. The Morgan fingerprint density at radius 1 is 1.58 bits per heavy atom. The molecule has 0 saturated carbocycles. The second-order valence-corrected chi connectivity index (χ2v) is 4.46. The zero-order chi connectivity index (χ0) is 14.4. The summed E-state index contributed by atoms with van der Waals surface area (Å²) in [5.74, 6) is -1.67. The minimum atomic E-state index is -1.04. The number of carbonyl (C=O) groups excluding carboxylic acids is 1. The van der Waals surface area contributed by atoms with Gasteiger partial charge in [0, 0.05) is 19.3 Å². The molecule has 1 aromatic heterocycles. The van der Waals surface area contributed by atoms with Gasteiger partial charge in [-0.2, -0.15) is 0 Å². The third-order valence-electron chi connectivity index (χ3n) is 3.02. The zero-order valence-electron chi connectivity index (χ0n) is 11.2. The number of hydrogen-bond donors (Lipinski definition) is 3. The van der Waals surface area contributed by atoms with Crippen LogP contribution >= 0.6 is 0 Å². The lowest BCUT2D eigenvalue weighted by atomic mass is 9.99. The van der Waals surface area contributed by atoms with E-state index < -0.39 is 17.9 Å². The topological polar surface area (TPSA) is 110 Å². The summed E-state index contributed by atoms with van der Waals surface area (Å²) in [6.07, 6.45) is 3.72. The fraction of sp³-hybridized carbons (Fsp3) is 0.583. The van der Waals surface area contributed by atoms with Crippen LogP contribution in [0.1, 0.15) is 30.8 Å². The minimum Gasteiger partial charge on any atom is -0.480 e. The Morgan fingerprint density at radius 3 is 2.79 bits per heavy atom. The molecule has 1 amide bonds. The number of imidazole rings is 1. The van der Waals surface area contributed by atoms with Crippen LogP contribution in [-0.4, -0.2) is 39.1 Å². The van der Waals surface area contributed by atoms with E-state index in [2.05, 4.69) is 10.3 Å². The Kier molecular flexibility index (Phi) is 5.50. The number of carboxylic acids is 1. The van der Waals surface area contributed by atoms with Gasteiger partial charge in [-0.15, -0.1) is 0 Å². The fourth-order valence-electron chi connectivity index (χ4n) is 1.65. The summed E-state index contributed by atoms with van der Waals surface area (Å²) in [5, 5.41) is 11.6. The first kappa shape index (κ1) is 15.2. The Balaban J connectivity index is 2.73. The van der Waals surface area contributed by atoms with Gasteiger partial charge in [-0.05, 0) is 5.92 Å². The summed E-state index contributed by atoms with van der Waals surface area (Å²) in [6, 6.07) is -0.905. The number of rotatable bonds is 7. The first-order chi connectivity index (χ1) is 8.99. The molecule has 0 saturated heterocycles. The van der Waals surface area contributed by atoms with Gasteiger partial charge in [-0.1, -0.05) is 20.3 Å². The van der Waals surface area contributed by atoms with Crippen molar-refractivity contribution in [3.05, 3.63) is 18.2 Å². The van der Waals surface area contributed by atoms with Gasteiger partial charge in [0.2, 0.25) is 0 Å². The summed E-state index contributed by atoms with van der Waals surface area (Å²) in [6.45, 7) is 4.67. The number of nitrogens with zero attached hydrogens (tertiary/aromatic N) is 2. The summed E-state index contributed by atoms with van der Waals surface area (Å²) < 4.78 is 1.69. The fourth-order valence-corrected chi connectivity index (χ4v) is 1.65. The number of nitrogens with one attached hydrogen (secondary N) is 1. The van der Waals surface area contributed by atoms with Crippen molar-refractivity contribution in [1.82, 2.24) is 14.9 Å². The van der Waals surface area contributed by atoms with Crippen LogP contribution in [0.3, 0.4) is 0 Å². The van der Waals surface area contributed by atoms with Crippen molar-refractivity contribution >= 4 is 11.9 Å². The zero-order valence-corrected chi connectivity index (χ0v) is 11.2. The first-order valence-electron chi connectivity index (χ1n) is 6.25. The molecule has 0 aromatic carbocycles. The molecule has 2 atom stereocenters. The maximum atomic E-state index is 11.9. The molecule has 106 valence electrons. The van der Waals surface area contributed by atoms with Crippen LogP contribution in [0.4, 0.5) is 0 Å². The van der Waals surface area contributed by atoms with Gasteiger partial charge in [0.25, 0.3) is 5.91 Å². The maximum absolute atomic E-state index is 11.9. The second-order valence-electron chi connectivity index (χ2n) is 4.46. The van der Waals surface area contributed by atoms with E-state index in [1.165, 1.54) is 6.33 Å². The van der Waals surface area contributed by atoms with E-state index in [0.29, 0.717) is 19.5 Å². The lowest BCUT2D eigenvalue weighted by Crippen LogP contribution is -2.45. The van der Waals surface area contributed by atoms with Gasteiger partial charge in [0.1, 0.15) is 11.7 Å². The van der Waals surface area contributed by atoms with Crippen molar-refractivity contribution in [2.75, 3.05) is 6.54 Å². The summed E-state index contributed by atoms with van der Waals surface area (Å²) in [4.78, 5) is 27.0. The molecule has 0 radical (unpaired) electrons. The SMILES string of the molecule is CCC(C)C(NC(=O)c1cn(CCN)cn1)C(=O)O. The number of aliphatic carboxylic acids is 1. The van der Waals surface area contributed by atoms with Gasteiger partial charge >= 0.3 is 5.97 Å². The molecule has 0 fully saturated rings. The van der Waals surface area contributed by atoms with Crippen molar-refractivity contribution in [2.24, 2.45) is 11.7 Å². The average Bonchev–Trinajstić information content (AvgIpc) is 2.83. The van der Waals surface area contributed by atoms with E-state index in [9.17, 15) is 9.59 Å². The molecule has 1 aromatic rings. The quantitative estimate of drug-likeness (QED) is 0.648. The lowest BCUT2D eigenvalue weighted by molar-refractivity contribution is -0.140. The summed E-state index contributed by atoms with van der Waals surface area (Å²) in [5.41, 5.74) is 5.59. The van der Waals surface area contributed by atoms with E-state index in [1.54, 1.807) is 17.7 Å². The van der Waals surface area contributed by atoms with Crippen LogP contribution < -0.4 is 11.1 Å². The van der Waals surface area contributed by atoms with Gasteiger partial charge in [0.15, 0.2) is 0 Å². The highest BCUT2D eigenvalue weighted by atomic mass is 16.4. The van der Waals surface area contributed by atoms with Crippen LogP contribution in [0, 0.1) is 5.92 Å². The molecule has 7 heteroatoms. The highest BCUT2D eigenvalue weighted by Crippen LogP contribution is 2.09. The molecule has 0 spiro atoms. The van der Waals surface area contributed by atoms with Crippen molar-refractivity contribution in [3.8, 4) is 0 Å². The van der Waals surface area contributed by atoms with Crippen LogP contribution in [0.5, 0.6) is 0 Å². The van der Waals surface area contributed by atoms with Gasteiger partial charge in [-0.25, -0.2) is 9.78 Å². The third kappa shape index (κ3) is 4.06. The molecular weight excluding hydrogens is 248 g/mol. The predicted octanol–water partition coefficient (Wildman–Crippen LogP) is 0.0709. The third-order valence-corrected chi connectivity index (χ3v) is 3.02. The van der Waals surface area contributed by atoms with Crippen molar-refractivity contribution < 1.29 is 14.7 Å². The molecule has 0 aliphatic rings. The predicted molar refractivity (Wildman–Crippen MR) is 69.6 cm³/mol. The molecule has 19 heavy (non-hydrogen) atoms. The number of hydrogen-bond acceptors (Lipinski definition) is 4. The molecule has 0 bridgehead atoms. The number of amides is 1. The largest absolute Gasteiger partial charge is 0.480 e. The van der Waals surface area contributed by atoms with Crippen molar-refractivity contribution in [3.63, 3.8) is 0 Å². The normalized spacial score (nSPS) is 13.8. The number of aromatic nitrogens is 2. The van der Waals surface area contributed by atoms with E-state index >= 15 is 0 Å². The number of carboxylic acid groups (broad SMARTS) is 1. The monoisotopic (exact) mass is 268 g/mol. The van der Waals surface area contributed by atoms with E-state index in [1.807, 2.05) is 6.92 Å². The van der Waals surface area contributed by atoms with Crippen molar-refractivity contribution in [2.45, 2.75) is 32.9 Å². The van der Waals surface area contributed by atoms with E-state index in [4.69, 9.17) is 10.8 Å². The molecule has 1 rings (SSSR count). The summed E-state index contributed by atoms with van der Waals surface area (Å²) in [7, 11) is 0. The standard InChI is InChI=1S/C12H20N4O3/c1-3-8(2)10(12(18)19)15-11(17)9-6-16(5-4-13)7-14-9/h6-8,10H,3-5,13H2,1-2H3,(H,15,17)(H,18,19). The number of nitrogens with two attached hydrogens (primary N) is 1. The highest BCUT2D eigenvalue weighted by molar-refractivity contribution is 5.94. The van der Waals surface area contributed by atoms with Crippen LogP contribution in [0.2, 0.25) is 0 Å². The molecule has 7 nitrogen and oxygen atoms in total. The Bertz CT molecular complexity index is 444. The van der Waals surface area contributed by atoms with Crippen molar-refractivity contribution in [1.29, 1.82) is 0 Å². The molecule has 2 unspecified atom stereocenters. The Hall–Kier alpha value is -1.89. The molecule has 0 aliphatic carbocycles. The average molecular weight is 268 g/mol. The lowest BCUT2D eigenvalue weighted by Gasteiger charge is -2.19.